The average molecular weight is 427 g/mol. The Labute approximate surface area is 180 Å². The van der Waals surface area contributed by atoms with Crippen molar-refractivity contribution in [1.29, 1.82) is 0 Å². The number of nitrogens with zero attached hydrogens (tertiary/aromatic N) is 2. The number of rotatable bonds is 3. The highest BCUT2D eigenvalue weighted by Crippen LogP contribution is 2.52. The van der Waals surface area contributed by atoms with Gasteiger partial charge in [0.15, 0.2) is 0 Å². The summed E-state index contributed by atoms with van der Waals surface area (Å²) in [6.45, 7) is 3.45. The standard InChI is InChI=1S/C21H19ClN2O2.C2H4O2/c22-19-3-1-2-17(23-19)7-5-15-4-6-16-13-24(11-8-20(25)26)14-21(9-10-21)18(16)12-15;1-2(3)4/h1-4,6,12H,8-11,13-14H2,(H,25,26);1H3,(H,3,4). The van der Waals surface area contributed by atoms with Crippen molar-refractivity contribution >= 4 is 23.5 Å². The molecular formula is C23H23ClN2O4. The van der Waals surface area contributed by atoms with Crippen molar-refractivity contribution in [1.82, 2.24) is 9.88 Å². The third-order valence-corrected chi connectivity index (χ3v) is 5.36. The number of benzene rings is 1. The van der Waals surface area contributed by atoms with Gasteiger partial charge in [0.25, 0.3) is 5.97 Å². The Morgan fingerprint density at radius 1 is 1.20 bits per heavy atom. The van der Waals surface area contributed by atoms with Gasteiger partial charge in [-0.2, -0.15) is 0 Å². The summed E-state index contributed by atoms with van der Waals surface area (Å²) in [5, 5.41) is 16.8. The first-order valence-corrected chi connectivity index (χ1v) is 10.1. The predicted octanol–water partition coefficient (Wildman–Crippen LogP) is 3.55. The molecule has 0 amide bonds. The van der Waals surface area contributed by atoms with Gasteiger partial charge in [-0.25, -0.2) is 4.98 Å². The predicted molar refractivity (Wildman–Crippen MR) is 113 cm³/mol. The molecule has 156 valence electrons. The van der Waals surface area contributed by atoms with Crippen LogP contribution in [0.25, 0.3) is 0 Å². The van der Waals surface area contributed by atoms with Crippen molar-refractivity contribution in [2.75, 3.05) is 13.1 Å². The van der Waals surface area contributed by atoms with Gasteiger partial charge in [-0.15, -0.1) is 0 Å². The van der Waals surface area contributed by atoms with Crippen molar-refractivity contribution in [3.05, 3.63) is 63.9 Å². The summed E-state index contributed by atoms with van der Waals surface area (Å²) in [7, 11) is 0. The molecule has 2 heterocycles. The van der Waals surface area contributed by atoms with E-state index in [2.05, 4.69) is 33.9 Å². The molecule has 4 rings (SSSR count). The van der Waals surface area contributed by atoms with Gasteiger partial charge in [-0.1, -0.05) is 29.7 Å². The van der Waals surface area contributed by atoms with E-state index < -0.39 is 11.9 Å². The molecule has 0 saturated heterocycles. The SMILES string of the molecule is CC(=O)O.O=C(O)CCN1Cc2ccc(C#Cc3cccc(Cl)n3)cc2C2(CC2)C1. The van der Waals surface area contributed by atoms with Crippen LogP contribution >= 0.6 is 11.6 Å². The zero-order valence-corrected chi connectivity index (χ0v) is 17.4. The largest absolute Gasteiger partial charge is 0.481 e. The van der Waals surface area contributed by atoms with Crippen LogP contribution in [0.5, 0.6) is 0 Å². The van der Waals surface area contributed by atoms with Crippen LogP contribution in [-0.4, -0.2) is 45.1 Å². The van der Waals surface area contributed by atoms with Gasteiger partial charge >= 0.3 is 5.97 Å². The van der Waals surface area contributed by atoms with Gasteiger partial charge in [-0.3, -0.25) is 14.5 Å². The lowest BCUT2D eigenvalue weighted by Crippen LogP contribution is -2.39. The normalized spacial score (nSPS) is 15.8. The Balaban J connectivity index is 0.000000589. The average Bonchev–Trinajstić information content (AvgIpc) is 3.44. The van der Waals surface area contributed by atoms with Crippen LogP contribution in [0.2, 0.25) is 5.15 Å². The molecule has 1 fully saturated rings. The minimum Gasteiger partial charge on any atom is -0.481 e. The van der Waals surface area contributed by atoms with Crippen molar-refractivity contribution in [3.8, 4) is 11.8 Å². The molecule has 2 aliphatic rings. The number of halogens is 1. The Kier molecular flexibility index (Phi) is 6.76. The van der Waals surface area contributed by atoms with Crippen LogP contribution in [0.3, 0.4) is 0 Å². The monoisotopic (exact) mass is 426 g/mol. The first-order chi connectivity index (χ1) is 14.3. The Morgan fingerprint density at radius 3 is 2.57 bits per heavy atom. The highest BCUT2D eigenvalue weighted by molar-refractivity contribution is 6.29. The maximum absolute atomic E-state index is 10.9. The van der Waals surface area contributed by atoms with Crippen LogP contribution in [0.1, 0.15) is 48.6 Å². The van der Waals surface area contributed by atoms with Gasteiger partial charge in [0, 0.05) is 37.5 Å². The number of aromatic nitrogens is 1. The minimum atomic E-state index is -0.833. The Morgan fingerprint density at radius 2 is 1.93 bits per heavy atom. The number of hydrogen-bond donors (Lipinski definition) is 2. The first-order valence-electron chi connectivity index (χ1n) is 9.69. The molecule has 30 heavy (non-hydrogen) atoms. The van der Waals surface area contributed by atoms with Crippen molar-refractivity contribution in [3.63, 3.8) is 0 Å². The summed E-state index contributed by atoms with van der Waals surface area (Å²) < 4.78 is 0. The van der Waals surface area contributed by atoms with Gasteiger partial charge < -0.3 is 10.2 Å². The molecule has 0 atom stereocenters. The number of pyridine rings is 1. The summed E-state index contributed by atoms with van der Waals surface area (Å²) in [5.74, 6) is 4.70. The summed E-state index contributed by atoms with van der Waals surface area (Å²) >= 11 is 5.91. The zero-order valence-electron chi connectivity index (χ0n) is 16.7. The Hall–Kier alpha value is -2.88. The smallest absolute Gasteiger partial charge is 0.304 e. The molecule has 0 bridgehead atoms. The van der Waals surface area contributed by atoms with Crippen LogP contribution < -0.4 is 0 Å². The number of carbonyl (C=O) groups is 2. The lowest BCUT2D eigenvalue weighted by atomic mass is 9.85. The van der Waals surface area contributed by atoms with Gasteiger partial charge in [0.05, 0.1) is 6.42 Å². The van der Waals surface area contributed by atoms with E-state index in [9.17, 15) is 4.79 Å². The molecular weight excluding hydrogens is 404 g/mol. The van der Waals surface area contributed by atoms with Crippen molar-refractivity contribution in [2.45, 2.75) is 38.1 Å². The van der Waals surface area contributed by atoms with Crippen molar-refractivity contribution in [2.24, 2.45) is 0 Å². The number of fused-ring (bicyclic) bond motifs is 2. The van der Waals surface area contributed by atoms with E-state index in [4.69, 9.17) is 26.6 Å². The fourth-order valence-corrected chi connectivity index (χ4v) is 3.86. The molecule has 6 nitrogen and oxygen atoms in total. The number of hydrogen-bond acceptors (Lipinski definition) is 4. The summed E-state index contributed by atoms with van der Waals surface area (Å²) in [6, 6.07) is 11.8. The summed E-state index contributed by atoms with van der Waals surface area (Å²) in [6.07, 6.45) is 2.52. The molecule has 1 aromatic heterocycles. The molecule has 2 N–H and O–H groups in total. The molecule has 7 heteroatoms. The van der Waals surface area contributed by atoms with Gasteiger partial charge in [0.2, 0.25) is 0 Å². The fraction of sp³-hybridized carbons (Fsp3) is 0.348. The third kappa shape index (κ3) is 5.82. The molecule has 1 aliphatic heterocycles. The molecule has 1 spiro atoms. The molecule has 0 radical (unpaired) electrons. The molecule has 1 saturated carbocycles. The minimum absolute atomic E-state index is 0.193. The van der Waals surface area contributed by atoms with Crippen molar-refractivity contribution < 1.29 is 19.8 Å². The summed E-state index contributed by atoms with van der Waals surface area (Å²) in [4.78, 5) is 26.3. The van der Waals surface area contributed by atoms with E-state index in [-0.39, 0.29) is 11.8 Å². The third-order valence-electron chi connectivity index (χ3n) is 5.15. The highest BCUT2D eigenvalue weighted by Gasteiger charge is 2.48. The first kappa shape index (κ1) is 21.8. The van der Waals surface area contributed by atoms with Crippen LogP contribution in [0.4, 0.5) is 0 Å². The molecule has 1 aliphatic carbocycles. The second-order valence-electron chi connectivity index (χ2n) is 7.62. The topological polar surface area (TPSA) is 90.7 Å². The molecule has 1 aromatic carbocycles. The lowest BCUT2D eigenvalue weighted by molar-refractivity contribution is -0.137. The quantitative estimate of drug-likeness (QED) is 0.576. The van der Waals surface area contributed by atoms with E-state index in [1.54, 1.807) is 6.07 Å². The second-order valence-corrected chi connectivity index (χ2v) is 8.01. The fourth-order valence-electron chi connectivity index (χ4n) is 3.70. The van der Waals surface area contributed by atoms with E-state index in [0.29, 0.717) is 17.4 Å². The van der Waals surface area contributed by atoms with Crippen LogP contribution in [0, 0.1) is 11.8 Å². The Bertz CT molecular complexity index is 1020. The highest BCUT2D eigenvalue weighted by atomic mass is 35.5. The maximum atomic E-state index is 10.9. The molecule has 0 unspecified atom stereocenters. The van der Waals surface area contributed by atoms with Crippen LogP contribution in [-0.2, 0) is 21.5 Å². The van der Waals surface area contributed by atoms with E-state index in [1.807, 2.05) is 18.2 Å². The molecule has 2 aromatic rings. The zero-order chi connectivity index (χ0) is 21.7. The van der Waals surface area contributed by atoms with Gasteiger partial charge in [-0.05, 0) is 54.2 Å². The number of carboxylic acid groups (broad SMARTS) is 2. The maximum Gasteiger partial charge on any atom is 0.304 e. The van der Waals surface area contributed by atoms with E-state index >= 15 is 0 Å². The summed E-state index contributed by atoms with van der Waals surface area (Å²) in [5.41, 5.74) is 4.52. The van der Waals surface area contributed by atoms with E-state index in [1.165, 1.54) is 11.1 Å². The van der Waals surface area contributed by atoms with Gasteiger partial charge in [0.1, 0.15) is 10.8 Å². The van der Waals surface area contributed by atoms with E-state index in [0.717, 1.165) is 38.4 Å². The second kappa shape index (κ2) is 9.29. The number of carboxylic acids is 2. The van der Waals surface area contributed by atoms with Crippen LogP contribution in [0.15, 0.2) is 36.4 Å². The number of aliphatic carboxylic acids is 2. The lowest BCUT2D eigenvalue weighted by Gasteiger charge is -2.35.